The number of ether oxygens (including phenoxy) is 1. The van der Waals surface area contributed by atoms with Gasteiger partial charge in [0.1, 0.15) is 11.5 Å². The molecule has 0 N–H and O–H groups in total. The molecule has 0 radical (unpaired) electrons. The Hall–Kier alpha value is -8.21. The Morgan fingerprint density at radius 3 is 1.68 bits per heavy atom. The highest BCUT2D eigenvalue weighted by Gasteiger charge is 2.51. The molecule has 1 aliphatic carbocycles. The van der Waals surface area contributed by atoms with Crippen LogP contribution < -0.4 is 4.74 Å². The van der Waals surface area contributed by atoms with Crippen molar-refractivity contribution in [2.24, 2.45) is 0 Å². The van der Waals surface area contributed by atoms with Crippen molar-refractivity contribution in [1.29, 1.82) is 0 Å². The SMILES string of the molecule is Cc1ccnc(-c2cccc(-c3ccc4c(c3)C3(c5ccccc5Oc5ccccc53)c3cccc(-c5cc(-c6ccccc6)nc(-c6cccc(-c7ccccc7)c6)n5)c3-4)c2)c1. The molecule has 8 aromatic carbocycles. The third-order valence-corrected chi connectivity index (χ3v) is 12.7. The fraction of sp³-hybridized carbons (Fsp3) is 0.0339. The van der Waals surface area contributed by atoms with Crippen LogP contribution in [0.5, 0.6) is 11.5 Å². The second kappa shape index (κ2) is 14.8. The molecule has 0 bridgehead atoms. The lowest BCUT2D eigenvalue weighted by Crippen LogP contribution is -2.32. The van der Waals surface area contributed by atoms with Gasteiger partial charge in [0.2, 0.25) is 0 Å². The summed E-state index contributed by atoms with van der Waals surface area (Å²) in [5.74, 6) is 2.38. The minimum atomic E-state index is -0.681. The van der Waals surface area contributed by atoms with Crippen LogP contribution in [0.15, 0.2) is 219 Å². The van der Waals surface area contributed by atoms with Gasteiger partial charge in [0.15, 0.2) is 5.82 Å². The highest BCUT2D eigenvalue weighted by molar-refractivity contribution is 5.97. The molecule has 296 valence electrons. The second-order valence-corrected chi connectivity index (χ2v) is 16.4. The summed E-state index contributed by atoms with van der Waals surface area (Å²) in [6.07, 6.45) is 1.89. The average molecular weight is 806 g/mol. The number of rotatable bonds is 6. The van der Waals surface area contributed by atoms with Crippen LogP contribution in [0.2, 0.25) is 0 Å². The topological polar surface area (TPSA) is 47.9 Å². The molecule has 0 saturated carbocycles. The first-order valence-corrected chi connectivity index (χ1v) is 21.4. The highest BCUT2D eigenvalue weighted by atomic mass is 16.5. The van der Waals surface area contributed by atoms with Crippen LogP contribution >= 0.6 is 0 Å². The average Bonchev–Trinajstić information content (AvgIpc) is 3.64. The molecule has 1 spiro atoms. The van der Waals surface area contributed by atoms with Crippen molar-refractivity contribution < 1.29 is 4.74 Å². The Morgan fingerprint density at radius 2 is 0.937 bits per heavy atom. The van der Waals surface area contributed by atoms with Gasteiger partial charge >= 0.3 is 0 Å². The van der Waals surface area contributed by atoms with Crippen molar-refractivity contribution in [3.8, 4) is 90.0 Å². The van der Waals surface area contributed by atoms with E-state index in [4.69, 9.17) is 19.7 Å². The number of hydrogen-bond donors (Lipinski definition) is 0. The van der Waals surface area contributed by atoms with Gasteiger partial charge in [-0.25, -0.2) is 9.97 Å². The van der Waals surface area contributed by atoms with E-state index in [1.54, 1.807) is 0 Å². The van der Waals surface area contributed by atoms with Gasteiger partial charge < -0.3 is 4.74 Å². The highest BCUT2D eigenvalue weighted by Crippen LogP contribution is 2.63. The van der Waals surface area contributed by atoms with Gasteiger partial charge in [0.05, 0.1) is 22.5 Å². The van der Waals surface area contributed by atoms with E-state index in [1.807, 2.05) is 24.4 Å². The maximum absolute atomic E-state index is 6.74. The van der Waals surface area contributed by atoms with Crippen LogP contribution in [-0.4, -0.2) is 15.0 Å². The van der Waals surface area contributed by atoms with E-state index in [9.17, 15) is 0 Å². The third-order valence-electron chi connectivity index (χ3n) is 12.7. The van der Waals surface area contributed by atoms with Crippen molar-refractivity contribution in [3.63, 3.8) is 0 Å². The summed E-state index contributed by atoms with van der Waals surface area (Å²) in [5.41, 5.74) is 18.8. The smallest absolute Gasteiger partial charge is 0.160 e. The van der Waals surface area contributed by atoms with Crippen LogP contribution in [0, 0.1) is 6.92 Å². The number of para-hydroxylation sites is 2. The number of hydrogen-bond acceptors (Lipinski definition) is 4. The van der Waals surface area contributed by atoms with E-state index in [2.05, 4.69) is 201 Å². The Balaban J connectivity index is 1.12. The minimum absolute atomic E-state index is 0.676. The quantitative estimate of drug-likeness (QED) is 0.168. The second-order valence-electron chi connectivity index (χ2n) is 16.4. The van der Waals surface area contributed by atoms with Crippen molar-refractivity contribution in [3.05, 3.63) is 246 Å². The molecule has 4 heteroatoms. The van der Waals surface area contributed by atoms with Crippen LogP contribution in [0.25, 0.3) is 78.5 Å². The molecule has 10 aromatic rings. The summed E-state index contributed by atoms with van der Waals surface area (Å²) in [5, 5.41) is 0. The first-order valence-electron chi connectivity index (χ1n) is 21.4. The molecule has 0 atom stereocenters. The predicted octanol–water partition coefficient (Wildman–Crippen LogP) is 14.7. The largest absolute Gasteiger partial charge is 0.457 e. The molecule has 12 rings (SSSR count). The standard InChI is InChI=1S/C59H39N3O/c1-38-31-32-60-52(33-38)44-21-12-20-42(34-44)43-29-30-46-51(36-43)59(48-24-8-10-27-55(48)63-56-28-11-9-25-49(56)59)50-26-14-23-47(57(46)50)54-37-53(40-17-6-3-7-18-40)61-58(62-54)45-22-13-19-41(35-45)39-15-4-2-5-16-39/h2-37H,1H3. The van der Waals surface area contributed by atoms with Crippen molar-refractivity contribution >= 4 is 0 Å². The number of nitrogens with zero attached hydrogens (tertiary/aromatic N) is 3. The number of benzene rings is 8. The van der Waals surface area contributed by atoms with Crippen LogP contribution in [0.1, 0.15) is 27.8 Å². The molecule has 0 fully saturated rings. The Kier molecular flexibility index (Phi) is 8.58. The van der Waals surface area contributed by atoms with Crippen molar-refractivity contribution in [2.45, 2.75) is 12.3 Å². The first-order chi connectivity index (χ1) is 31.1. The summed E-state index contributed by atoms with van der Waals surface area (Å²) in [7, 11) is 0. The van der Waals surface area contributed by atoms with Crippen molar-refractivity contribution in [1.82, 2.24) is 15.0 Å². The third kappa shape index (κ3) is 6.02. The monoisotopic (exact) mass is 805 g/mol. The maximum atomic E-state index is 6.74. The zero-order chi connectivity index (χ0) is 41.9. The fourth-order valence-electron chi connectivity index (χ4n) is 9.83. The molecule has 2 aromatic heterocycles. The maximum Gasteiger partial charge on any atom is 0.160 e. The summed E-state index contributed by atoms with van der Waals surface area (Å²) >= 11 is 0. The Bertz CT molecular complexity index is 3350. The summed E-state index contributed by atoms with van der Waals surface area (Å²) in [6.45, 7) is 2.11. The molecule has 63 heavy (non-hydrogen) atoms. The van der Waals surface area contributed by atoms with Gasteiger partial charge in [0.25, 0.3) is 0 Å². The summed E-state index contributed by atoms with van der Waals surface area (Å²) < 4.78 is 6.74. The molecule has 0 saturated heterocycles. The lowest BCUT2D eigenvalue weighted by molar-refractivity contribution is 0.436. The minimum Gasteiger partial charge on any atom is -0.457 e. The zero-order valence-corrected chi connectivity index (χ0v) is 34.5. The van der Waals surface area contributed by atoms with Crippen LogP contribution in [0.3, 0.4) is 0 Å². The molecule has 2 aliphatic rings. The van der Waals surface area contributed by atoms with Gasteiger partial charge in [-0.3, -0.25) is 4.98 Å². The molecule has 4 nitrogen and oxygen atoms in total. The zero-order valence-electron chi connectivity index (χ0n) is 34.5. The molecule has 1 aliphatic heterocycles. The first kappa shape index (κ1) is 36.6. The van der Waals surface area contributed by atoms with E-state index in [1.165, 1.54) is 22.3 Å². The molecular weight excluding hydrogens is 767 g/mol. The van der Waals surface area contributed by atoms with Crippen molar-refractivity contribution in [2.75, 3.05) is 0 Å². The normalized spacial score (nSPS) is 12.8. The van der Waals surface area contributed by atoms with Gasteiger partial charge in [-0.15, -0.1) is 0 Å². The van der Waals surface area contributed by atoms with Gasteiger partial charge in [-0.2, -0.15) is 0 Å². The van der Waals surface area contributed by atoms with Gasteiger partial charge in [-0.05, 0) is 106 Å². The summed E-state index contributed by atoms with van der Waals surface area (Å²) in [4.78, 5) is 15.5. The fourth-order valence-corrected chi connectivity index (χ4v) is 9.83. The van der Waals surface area contributed by atoms with E-state index in [0.717, 1.165) is 89.8 Å². The summed E-state index contributed by atoms with van der Waals surface area (Å²) in [6, 6.07) is 75.4. The lowest BCUT2D eigenvalue weighted by Gasteiger charge is -2.39. The molecule has 3 heterocycles. The molecule has 0 unspecified atom stereocenters. The van der Waals surface area contributed by atoms with E-state index in [-0.39, 0.29) is 0 Å². The Morgan fingerprint density at radius 1 is 0.365 bits per heavy atom. The molecule has 0 amide bonds. The number of aromatic nitrogens is 3. The Labute approximate surface area is 366 Å². The van der Waals surface area contributed by atoms with E-state index < -0.39 is 5.41 Å². The molecular formula is C59H39N3O. The number of pyridine rings is 1. The predicted molar refractivity (Wildman–Crippen MR) is 255 cm³/mol. The van der Waals surface area contributed by atoms with E-state index in [0.29, 0.717) is 5.82 Å². The van der Waals surface area contributed by atoms with Crippen LogP contribution in [0.4, 0.5) is 0 Å². The van der Waals surface area contributed by atoms with Crippen LogP contribution in [-0.2, 0) is 5.41 Å². The van der Waals surface area contributed by atoms with Gasteiger partial charge in [0, 0.05) is 39.6 Å². The van der Waals surface area contributed by atoms with Gasteiger partial charge in [-0.1, -0.05) is 164 Å². The van der Waals surface area contributed by atoms with E-state index >= 15 is 0 Å². The number of aryl methyl sites for hydroxylation is 1. The lowest BCUT2D eigenvalue weighted by atomic mass is 9.66. The number of fused-ring (bicyclic) bond motifs is 9.